The van der Waals surface area contributed by atoms with Gasteiger partial charge in [0.05, 0.1) is 23.2 Å². The molecule has 0 saturated heterocycles. The minimum atomic E-state index is -2.73. The van der Waals surface area contributed by atoms with E-state index in [0.717, 1.165) is 5.00 Å². The number of benzene rings is 1. The van der Waals surface area contributed by atoms with Crippen molar-refractivity contribution in [1.29, 1.82) is 0 Å². The highest BCUT2D eigenvalue weighted by Gasteiger charge is 2.64. The molecular formula is C29H34N6O8S. The fourth-order valence-corrected chi connectivity index (χ4v) is 7.18. The van der Waals surface area contributed by atoms with Crippen molar-refractivity contribution in [3.8, 4) is 5.75 Å². The van der Waals surface area contributed by atoms with Crippen molar-refractivity contribution in [3.63, 3.8) is 0 Å². The molecule has 2 aromatic rings. The monoisotopic (exact) mass is 626 g/mol. The second kappa shape index (κ2) is 11.2. The number of nitrogens with zero attached hydrogens (tertiary/aromatic N) is 3. The first-order chi connectivity index (χ1) is 20.7. The molecule has 0 bridgehead atoms. The van der Waals surface area contributed by atoms with Gasteiger partial charge in [0.25, 0.3) is 5.91 Å². The third-order valence-electron chi connectivity index (χ3n) is 8.49. The van der Waals surface area contributed by atoms with Crippen LogP contribution in [0.25, 0.3) is 5.76 Å². The molecule has 1 fully saturated rings. The Morgan fingerprint density at radius 3 is 2.48 bits per heavy atom. The van der Waals surface area contributed by atoms with E-state index in [-0.39, 0.29) is 42.0 Å². The number of aliphatic hydroxyl groups is 3. The normalized spacial score (nSPS) is 25.1. The maximum Gasteiger partial charge on any atom is 0.255 e. The van der Waals surface area contributed by atoms with Gasteiger partial charge in [-0.25, -0.2) is 4.99 Å². The second-order valence-electron chi connectivity index (χ2n) is 11.5. The van der Waals surface area contributed by atoms with Gasteiger partial charge in [-0.05, 0) is 62.0 Å². The number of amidine groups is 1. The Balaban J connectivity index is 1.67. The first-order valence-electron chi connectivity index (χ1n) is 13.7. The van der Waals surface area contributed by atoms with Crippen LogP contribution in [0.5, 0.6) is 5.75 Å². The first-order valence-corrected chi connectivity index (χ1v) is 14.6. The van der Waals surface area contributed by atoms with Gasteiger partial charge >= 0.3 is 0 Å². The van der Waals surface area contributed by atoms with Crippen molar-refractivity contribution in [2.45, 2.75) is 24.5 Å². The Hall–Kier alpha value is -4.44. The molecule has 2 unspecified atom stereocenters. The Morgan fingerprint density at radius 2 is 1.91 bits per heavy atom. The molecule has 9 N–H and O–H groups in total. The lowest BCUT2D eigenvalue weighted by atomic mass is 9.57. The number of carbonyl (C=O) groups is 3. The Kier molecular flexibility index (Phi) is 7.92. The van der Waals surface area contributed by atoms with Crippen LogP contribution in [-0.2, 0) is 20.8 Å². The van der Waals surface area contributed by atoms with Gasteiger partial charge in [-0.2, -0.15) is 0 Å². The minimum Gasteiger partial charge on any atom is -0.508 e. The highest BCUT2D eigenvalue weighted by molar-refractivity contribution is 7.14. The zero-order chi connectivity index (χ0) is 32.2. The fraction of sp³-hybridized carbons (Fsp3) is 0.379. The number of ketones is 2. The molecule has 0 radical (unpaired) electrons. The number of hydrogen-bond acceptors (Lipinski definition) is 13. The summed E-state index contributed by atoms with van der Waals surface area (Å²) in [6.45, 7) is 0.0620. The number of nitrogens with one attached hydrogen (secondary N) is 2. The number of primary amides is 1. The van der Waals surface area contributed by atoms with Crippen LogP contribution in [-0.4, -0.2) is 100 Å². The number of thiophene rings is 1. The van der Waals surface area contributed by atoms with Crippen molar-refractivity contribution < 1.29 is 40.0 Å². The third-order valence-corrected chi connectivity index (χ3v) is 9.32. The van der Waals surface area contributed by atoms with E-state index in [1.54, 1.807) is 39.2 Å². The van der Waals surface area contributed by atoms with Gasteiger partial charge in [-0.3, -0.25) is 30.0 Å². The molecule has 0 aliphatic heterocycles. The van der Waals surface area contributed by atoms with Gasteiger partial charge in [0.15, 0.2) is 17.1 Å². The molecule has 14 nitrogen and oxygen atoms in total. The number of hydrogen-bond donors (Lipinski definition) is 8. The number of hydroxylamine groups is 1. The van der Waals surface area contributed by atoms with Crippen LogP contribution >= 0.6 is 11.3 Å². The highest BCUT2D eigenvalue weighted by atomic mass is 32.1. The maximum atomic E-state index is 14.1. The number of aliphatic hydroxyl groups excluding tert-OH is 2. The summed E-state index contributed by atoms with van der Waals surface area (Å²) in [6.07, 6.45) is 0.108. The van der Waals surface area contributed by atoms with E-state index in [1.807, 2.05) is 23.0 Å². The molecule has 3 aliphatic rings. The number of aromatic hydroxyl groups is 1. The summed E-state index contributed by atoms with van der Waals surface area (Å²) >= 11 is 1.44. The number of nitrogens with two attached hydrogens (primary N) is 1. The van der Waals surface area contributed by atoms with Crippen molar-refractivity contribution in [3.05, 3.63) is 51.6 Å². The van der Waals surface area contributed by atoms with Crippen LogP contribution in [0.2, 0.25) is 0 Å². The summed E-state index contributed by atoms with van der Waals surface area (Å²) < 4.78 is 0. The summed E-state index contributed by atoms with van der Waals surface area (Å²) in [5.74, 6) is -7.32. The SMILES string of the molecule is CN(C)c1cc(N=C(CNc2cccs2)NO)c(O)c2c1CC1CC3[C@H](N(C)C)C(=O)C(C(N)=O)=C(O)[C@@]3(O)C(=O)C1=C2O. The Labute approximate surface area is 256 Å². The van der Waals surface area contributed by atoms with E-state index in [2.05, 4.69) is 10.3 Å². The van der Waals surface area contributed by atoms with Gasteiger partial charge in [-0.1, -0.05) is 0 Å². The molecule has 1 aromatic carbocycles. The molecule has 44 heavy (non-hydrogen) atoms. The number of carbonyl (C=O) groups excluding carboxylic acids is 3. The van der Waals surface area contributed by atoms with Gasteiger partial charge < -0.3 is 36.4 Å². The molecule has 4 atom stereocenters. The van der Waals surface area contributed by atoms with Gasteiger partial charge in [0.1, 0.15) is 28.6 Å². The smallest absolute Gasteiger partial charge is 0.255 e. The van der Waals surface area contributed by atoms with Crippen molar-refractivity contribution in [1.82, 2.24) is 10.4 Å². The van der Waals surface area contributed by atoms with Crippen molar-refractivity contribution in [2.75, 3.05) is 45.0 Å². The minimum absolute atomic E-state index is 0.0216. The van der Waals surface area contributed by atoms with E-state index in [1.165, 1.54) is 16.2 Å². The van der Waals surface area contributed by atoms with E-state index in [9.17, 15) is 40.0 Å². The van der Waals surface area contributed by atoms with E-state index >= 15 is 0 Å². The molecule has 15 heteroatoms. The number of phenols is 1. The average Bonchev–Trinajstić information content (AvgIpc) is 3.47. The van der Waals surface area contributed by atoms with Crippen LogP contribution in [0.15, 0.2) is 45.5 Å². The summed E-state index contributed by atoms with van der Waals surface area (Å²) in [4.78, 5) is 47.1. The molecule has 1 amide bonds. The lowest BCUT2D eigenvalue weighted by Crippen LogP contribution is -2.65. The van der Waals surface area contributed by atoms with Crippen molar-refractivity contribution >= 4 is 56.8 Å². The zero-order valence-electron chi connectivity index (χ0n) is 24.5. The van der Waals surface area contributed by atoms with Crippen molar-refractivity contribution in [2.24, 2.45) is 22.6 Å². The number of amides is 1. The number of phenolic OH excluding ortho intramolecular Hbond substituents is 1. The summed E-state index contributed by atoms with van der Waals surface area (Å²) in [7, 11) is 6.59. The number of rotatable bonds is 7. The van der Waals surface area contributed by atoms with E-state index in [4.69, 9.17) is 5.73 Å². The zero-order valence-corrected chi connectivity index (χ0v) is 25.3. The summed E-state index contributed by atoms with van der Waals surface area (Å²) in [5.41, 5.74) is 4.43. The van der Waals surface area contributed by atoms with Crippen LogP contribution in [0, 0.1) is 11.8 Å². The van der Waals surface area contributed by atoms with E-state index < -0.39 is 63.8 Å². The lowest BCUT2D eigenvalue weighted by Gasteiger charge is -2.50. The molecule has 234 valence electrons. The molecule has 3 aliphatic carbocycles. The number of fused-ring (bicyclic) bond motifs is 3. The molecule has 1 heterocycles. The van der Waals surface area contributed by atoms with E-state index in [0.29, 0.717) is 11.3 Å². The van der Waals surface area contributed by atoms with Gasteiger partial charge in [0.2, 0.25) is 5.78 Å². The summed E-state index contributed by atoms with van der Waals surface area (Å²) in [5, 5.41) is 61.4. The van der Waals surface area contributed by atoms with Gasteiger partial charge in [-0.15, -0.1) is 11.3 Å². The molecular weight excluding hydrogens is 592 g/mol. The highest BCUT2D eigenvalue weighted by Crippen LogP contribution is 2.54. The second-order valence-corrected chi connectivity index (χ2v) is 12.4. The number of Topliss-reactive ketones (excluding diaryl/α,β-unsaturated/α-hetero) is 2. The molecule has 0 spiro atoms. The largest absolute Gasteiger partial charge is 0.508 e. The standard InChI is InChI=1S/C29H34N6O8S/c1-34(2)16-10-15(32-17(33-43)11-31-18-6-5-7-44-18)23(36)20-13(16)8-12-9-14-22(35(3)4)25(38)21(28(30)41)27(40)29(14,42)26(39)19(12)24(20)37/h5-7,10,12,14,22,31,36-37,40,42-43H,8-9,11H2,1-4H3,(H2,30,41)(H,32,33)/t12?,14?,22-,29-/m0/s1. The third kappa shape index (κ3) is 4.68. The Morgan fingerprint density at radius 1 is 1.20 bits per heavy atom. The van der Waals surface area contributed by atoms with Crippen LogP contribution < -0.4 is 21.4 Å². The Bertz CT molecular complexity index is 1650. The number of aliphatic imine (C=N–C) groups is 1. The number of likely N-dealkylation sites (N-methyl/N-ethyl adjacent to an activating group) is 1. The summed E-state index contributed by atoms with van der Waals surface area (Å²) in [6, 6.07) is 4.09. The predicted octanol–water partition coefficient (Wildman–Crippen LogP) is 1.21. The number of anilines is 2. The van der Waals surface area contributed by atoms with Crippen LogP contribution in [0.3, 0.4) is 0 Å². The molecule has 1 aromatic heterocycles. The van der Waals surface area contributed by atoms with Gasteiger partial charge in [0, 0.05) is 31.3 Å². The topological polar surface area (TPSA) is 221 Å². The lowest BCUT2D eigenvalue weighted by molar-refractivity contribution is -0.153. The first kappa shape index (κ1) is 31.0. The predicted molar refractivity (Wildman–Crippen MR) is 163 cm³/mol. The quantitative estimate of drug-likeness (QED) is 0.0941. The van der Waals surface area contributed by atoms with Crippen LogP contribution in [0.1, 0.15) is 17.5 Å². The molecule has 5 rings (SSSR count). The molecule has 1 saturated carbocycles. The fourth-order valence-electron chi connectivity index (χ4n) is 6.56. The maximum absolute atomic E-state index is 14.1. The average molecular weight is 627 g/mol. The van der Waals surface area contributed by atoms with Crippen LogP contribution in [0.4, 0.5) is 16.4 Å².